The molecule has 0 atom stereocenters. The first-order valence-corrected chi connectivity index (χ1v) is 8.00. The van der Waals surface area contributed by atoms with Crippen molar-refractivity contribution in [1.29, 1.82) is 0 Å². The number of fused-ring (bicyclic) bond motifs is 1. The highest BCUT2D eigenvalue weighted by atomic mass is 35.5. The highest BCUT2D eigenvalue weighted by molar-refractivity contribution is 6.30. The van der Waals surface area contributed by atoms with Crippen molar-refractivity contribution in [3.63, 3.8) is 0 Å². The maximum Gasteiger partial charge on any atom is 0.303 e. The van der Waals surface area contributed by atoms with E-state index in [1.165, 1.54) is 12.1 Å². The van der Waals surface area contributed by atoms with Crippen LogP contribution in [0, 0.1) is 5.82 Å². The molecule has 0 spiro atoms. The number of amides is 2. The molecule has 0 radical (unpaired) electrons. The summed E-state index contributed by atoms with van der Waals surface area (Å²) in [6, 6.07) is 3.68. The summed E-state index contributed by atoms with van der Waals surface area (Å²) in [6.45, 7) is 0.422. The molecule has 27 heavy (non-hydrogen) atoms. The van der Waals surface area contributed by atoms with Crippen molar-refractivity contribution in [1.82, 2.24) is 9.88 Å². The fourth-order valence-electron chi connectivity index (χ4n) is 2.69. The minimum atomic E-state index is -0.997. The Kier molecular flexibility index (Phi) is 4.71. The van der Waals surface area contributed by atoms with Crippen LogP contribution in [0.5, 0.6) is 5.75 Å². The SMILES string of the molecule is CC(=O)OCc1[nH]c(=O)c(O)c2c1C(=O)N(Cc1ccc(F)c(Cl)c1)C2=O. The van der Waals surface area contributed by atoms with E-state index in [0.717, 1.165) is 17.9 Å². The molecule has 0 unspecified atom stereocenters. The highest BCUT2D eigenvalue weighted by Crippen LogP contribution is 2.31. The van der Waals surface area contributed by atoms with E-state index in [9.17, 15) is 28.7 Å². The number of halogens is 2. The lowest BCUT2D eigenvalue weighted by atomic mass is 10.1. The molecule has 1 aliphatic heterocycles. The summed E-state index contributed by atoms with van der Waals surface area (Å²) in [5.41, 5.74) is -1.47. The number of ether oxygens (including phenoxy) is 1. The van der Waals surface area contributed by atoms with Crippen LogP contribution in [0.3, 0.4) is 0 Å². The first-order chi connectivity index (χ1) is 12.7. The second kappa shape index (κ2) is 6.84. The molecule has 10 heteroatoms. The quantitative estimate of drug-likeness (QED) is 0.602. The summed E-state index contributed by atoms with van der Waals surface area (Å²) >= 11 is 5.71. The second-order valence-corrected chi connectivity index (χ2v) is 6.16. The predicted octanol–water partition coefficient (Wildman–Crippen LogP) is 1.73. The van der Waals surface area contributed by atoms with Crippen LogP contribution in [0.4, 0.5) is 4.39 Å². The number of H-pyrrole nitrogens is 1. The summed E-state index contributed by atoms with van der Waals surface area (Å²) in [7, 11) is 0. The summed E-state index contributed by atoms with van der Waals surface area (Å²) in [4.78, 5) is 51.2. The van der Waals surface area contributed by atoms with Gasteiger partial charge in [-0.05, 0) is 17.7 Å². The number of esters is 1. The van der Waals surface area contributed by atoms with E-state index in [4.69, 9.17) is 16.3 Å². The zero-order chi connectivity index (χ0) is 19.9. The van der Waals surface area contributed by atoms with Gasteiger partial charge >= 0.3 is 5.97 Å². The van der Waals surface area contributed by atoms with Crippen molar-refractivity contribution < 1.29 is 28.6 Å². The van der Waals surface area contributed by atoms with Gasteiger partial charge in [-0.25, -0.2) is 4.39 Å². The Hall–Kier alpha value is -3.20. The third-order valence-electron chi connectivity index (χ3n) is 3.93. The number of nitrogens with zero attached hydrogens (tertiary/aromatic N) is 1. The number of carbonyl (C=O) groups excluding carboxylic acids is 3. The molecular weight excluding hydrogens is 383 g/mol. The van der Waals surface area contributed by atoms with E-state index < -0.39 is 47.1 Å². The fourth-order valence-corrected chi connectivity index (χ4v) is 2.90. The van der Waals surface area contributed by atoms with Gasteiger partial charge in [0.05, 0.1) is 22.8 Å². The Morgan fingerprint density at radius 1 is 1.26 bits per heavy atom. The topological polar surface area (TPSA) is 117 Å². The molecule has 2 amide bonds. The summed E-state index contributed by atoms with van der Waals surface area (Å²) in [5.74, 6) is -3.93. The van der Waals surface area contributed by atoms with Crippen LogP contribution in [0.15, 0.2) is 23.0 Å². The van der Waals surface area contributed by atoms with Crippen molar-refractivity contribution in [2.45, 2.75) is 20.1 Å². The molecule has 1 aromatic heterocycles. The van der Waals surface area contributed by atoms with Crippen molar-refractivity contribution in [2.75, 3.05) is 0 Å². The van der Waals surface area contributed by atoms with E-state index in [0.29, 0.717) is 5.56 Å². The number of pyridine rings is 1. The summed E-state index contributed by atoms with van der Waals surface area (Å²) in [6.07, 6.45) is 0. The van der Waals surface area contributed by atoms with Gasteiger partial charge in [0.2, 0.25) is 0 Å². The average Bonchev–Trinajstić information content (AvgIpc) is 2.85. The Bertz CT molecular complexity index is 1050. The lowest BCUT2D eigenvalue weighted by molar-refractivity contribution is -0.142. The zero-order valence-electron chi connectivity index (χ0n) is 13.8. The van der Waals surface area contributed by atoms with Crippen LogP contribution < -0.4 is 5.56 Å². The predicted molar refractivity (Wildman–Crippen MR) is 89.8 cm³/mol. The van der Waals surface area contributed by atoms with Crippen LogP contribution in [0.1, 0.15) is 38.9 Å². The smallest absolute Gasteiger partial charge is 0.303 e. The van der Waals surface area contributed by atoms with E-state index >= 15 is 0 Å². The van der Waals surface area contributed by atoms with Crippen LogP contribution in [-0.4, -0.2) is 32.8 Å². The van der Waals surface area contributed by atoms with Gasteiger partial charge in [-0.15, -0.1) is 0 Å². The normalized spacial score (nSPS) is 13.1. The summed E-state index contributed by atoms with van der Waals surface area (Å²) in [5, 5.41) is 9.77. The second-order valence-electron chi connectivity index (χ2n) is 5.76. The first-order valence-electron chi connectivity index (χ1n) is 7.62. The molecular formula is C17H12ClFN2O6. The molecule has 1 aromatic carbocycles. The molecule has 0 aliphatic carbocycles. The van der Waals surface area contributed by atoms with E-state index in [2.05, 4.69) is 4.98 Å². The van der Waals surface area contributed by atoms with E-state index in [1.807, 2.05) is 0 Å². The maximum absolute atomic E-state index is 13.3. The molecule has 0 bridgehead atoms. The Labute approximate surface area is 156 Å². The van der Waals surface area contributed by atoms with Crippen LogP contribution in [-0.2, 0) is 22.7 Å². The monoisotopic (exact) mass is 394 g/mol. The Morgan fingerprint density at radius 2 is 1.93 bits per heavy atom. The highest BCUT2D eigenvalue weighted by Gasteiger charge is 2.41. The molecule has 0 fully saturated rings. The number of imide groups is 1. The molecule has 2 aromatic rings. The lowest BCUT2D eigenvalue weighted by Gasteiger charge is -2.14. The van der Waals surface area contributed by atoms with Crippen LogP contribution >= 0.6 is 11.6 Å². The Balaban J connectivity index is 2.02. The molecule has 8 nitrogen and oxygen atoms in total. The number of nitrogens with one attached hydrogen (secondary N) is 1. The molecule has 140 valence electrons. The lowest BCUT2D eigenvalue weighted by Crippen LogP contribution is -2.29. The van der Waals surface area contributed by atoms with Crippen molar-refractivity contribution >= 4 is 29.4 Å². The molecule has 0 saturated heterocycles. The van der Waals surface area contributed by atoms with Crippen LogP contribution in [0.2, 0.25) is 5.02 Å². The van der Waals surface area contributed by atoms with Gasteiger partial charge in [0.25, 0.3) is 17.4 Å². The largest absolute Gasteiger partial charge is 0.502 e. The fraction of sp³-hybridized carbons (Fsp3) is 0.176. The summed E-state index contributed by atoms with van der Waals surface area (Å²) < 4.78 is 18.1. The van der Waals surface area contributed by atoms with Gasteiger partial charge < -0.3 is 14.8 Å². The zero-order valence-corrected chi connectivity index (χ0v) is 14.6. The van der Waals surface area contributed by atoms with Gasteiger partial charge in [0.15, 0.2) is 5.75 Å². The van der Waals surface area contributed by atoms with E-state index in [-0.39, 0.29) is 22.8 Å². The minimum absolute atomic E-state index is 0.110. The van der Waals surface area contributed by atoms with Gasteiger partial charge in [-0.1, -0.05) is 17.7 Å². The molecule has 3 rings (SSSR count). The van der Waals surface area contributed by atoms with Gasteiger partial charge in [-0.3, -0.25) is 24.1 Å². The maximum atomic E-state index is 13.3. The number of carbonyl (C=O) groups is 3. The third kappa shape index (κ3) is 3.28. The molecule has 2 heterocycles. The van der Waals surface area contributed by atoms with Crippen LogP contribution in [0.25, 0.3) is 0 Å². The Morgan fingerprint density at radius 3 is 2.56 bits per heavy atom. The van der Waals surface area contributed by atoms with Crippen molar-refractivity contribution in [3.8, 4) is 5.75 Å². The molecule has 2 N–H and O–H groups in total. The third-order valence-corrected chi connectivity index (χ3v) is 4.22. The molecule has 0 saturated carbocycles. The number of hydrogen-bond acceptors (Lipinski definition) is 6. The number of aromatic nitrogens is 1. The van der Waals surface area contributed by atoms with Crippen molar-refractivity contribution in [2.24, 2.45) is 0 Å². The number of rotatable bonds is 4. The number of hydrogen-bond donors (Lipinski definition) is 2. The van der Waals surface area contributed by atoms with Gasteiger partial charge in [-0.2, -0.15) is 0 Å². The van der Waals surface area contributed by atoms with Gasteiger partial charge in [0, 0.05) is 6.92 Å². The van der Waals surface area contributed by atoms with E-state index in [1.54, 1.807) is 0 Å². The number of aromatic hydroxyl groups is 1. The number of benzene rings is 1. The number of aromatic amines is 1. The molecule has 1 aliphatic rings. The average molecular weight is 395 g/mol. The first kappa shape index (κ1) is 18.6. The van der Waals surface area contributed by atoms with Gasteiger partial charge in [0.1, 0.15) is 18.0 Å². The minimum Gasteiger partial charge on any atom is -0.502 e. The van der Waals surface area contributed by atoms with Crippen molar-refractivity contribution in [3.05, 3.63) is 61.8 Å². The standard InChI is InChI=1S/C17H12ClFN2O6/c1-7(22)27-6-11-12-13(14(23)15(24)20-11)17(26)21(16(12)25)5-8-2-3-10(19)9(18)4-8/h2-4,23H,5-6H2,1H3,(H,20,24).